The molecule has 0 saturated heterocycles. The van der Waals surface area contributed by atoms with Crippen LogP contribution in [0.4, 0.5) is 5.69 Å². The largest absolute Gasteiger partial charge is 0.501 e. The van der Waals surface area contributed by atoms with E-state index in [-0.39, 0.29) is 24.3 Å². The van der Waals surface area contributed by atoms with Gasteiger partial charge in [-0.1, -0.05) is 17.9 Å². The molecule has 1 aromatic carbocycles. The van der Waals surface area contributed by atoms with Crippen LogP contribution in [0.1, 0.15) is 12.0 Å². The maximum absolute atomic E-state index is 10.5. The molecule has 0 radical (unpaired) electrons. The number of hydrogen-bond donors (Lipinski definition) is 2. The van der Waals surface area contributed by atoms with Crippen LogP contribution in [0.2, 0.25) is 0 Å². The molecule has 78 valence electrons. The van der Waals surface area contributed by atoms with E-state index in [9.17, 15) is 15.2 Å². The fourth-order valence-corrected chi connectivity index (χ4v) is 0.993. The van der Waals surface area contributed by atoms with E-state index in [1.54, 1.807) is 0 Å². The fourth-order valence-electron chi connectivity index (χ4n) is 0.993. The van der Waals surface area contributed by atoms with Gasteiger partial charge in [-0.25, -0.2) is 0 Å². The molecule has 0 saturated carbocycles. The first-order valence-electron chi connectivity index (χ1n) is 4.23. The first kappa shape index (κ1) is 11.0. The number of aromatic hydroxyl groups is 1. The summed E-state index contributed by atoms with van der Waals surface area (Å²) in [5, 5.41) is 28.4. The van der Waals surface area contributed by atoms with Gasteiger partial charge in [-0.2, -0.15) is 0 Å². The van der Waals surface area contributed by atoms with Crippen LogP contribution >= 0.6 is 0 Å². The van der Waals surface area contributed by atoms with Crippen molar-refractivity contribution in [1.29, 1.82) is 0 Å². The summed E-state index contributed by atoms with van der Waals surface area (Å²) in [6.45, 7) is -0.0807. The Bertz CT molecular complexity index is 431. The molecule has 15 heavy (non-hydrogen) atoms. The zero-order valence-corrected chi connectivity index (χ0v) is 7.80. The molecule has 0 bridgehead atoms. The smallest absolute Gasteiger partial charge is 0.312 e. The lowest BCUT2D eigenvalue weighted by Gasteiger charge is -1.97. The number of nitrogens with zero attached hydrogens (tertiary/aromatic N) is 1. The Morgan fingerprint density at radius 2 is 2.20 bits per heavy atom. The van der Waals surface area contributed by atoms with E-state index in [2.05, 4.69) is 11.8 Å². The summed E-state index contributed by atoms with van der Waals surface area (Å²) >= 11 is 0. The average Bonchev–Trinajstić information content (AvgIpc) is 2.20. The van der Waals surface area contributed by atoms with Crippen molar-refractivity contribution in [2.75, 3.05) is 6.61 Å². The number of nitro benzene ring substituents is 1. The van der Waals surface area contributed by atoms with Crippen LogP contribution in [0.3, 0.4) is 0 Å². The second-order valence-electron chi connectivity index (χ2n) is 2.71. The Labute approximate surface area is 86.1 Å². The van der Waals surface area contributed by atoms with Crippen molar-refractivity contribution in [1.82, 2.24) is 0 Å². The zero-order chi connectivity index (χ0) is 11.3. The molecule has 2 N–H and O–H groups in total. The zero-order valence-electron chi connectivity index (χ0n) is 7.80. The van der Waals surface area contributed by atoms with E-state index >= 15 is 0 Å². The average molecular weight is 207 g/mol. The lowest BCUT2D eigenvalue weighted by atomic mass is 10.1. The lowest BCUT2D eigenvalue weighted by Crippen LogP contribution is -1.90. The second kappa shape index (κ2) is 4.98. The minimum absolute atomic E-state index is 0.0807. The molecule has 0 unspecified atom stereocenters. The molecule has 0 aliphatic carbocycles. The number of para-hydroxylation sites is 1. The van der Waals surface area contributed by atoms with E-state index in [1.807, 2.05) is 0 Å². The number of phenols is 1. The number of phenolic OH excluding ortho intramolecular Hbond substituents is 1. The van der Waals surface area contributed by atoms with Crippen molar-refractivity contribution in [3.8, 4) is 17.6 Å². The van der Waals surface area contributed by atoms with E-state index in [1.165, 1.54) is 18.2 Å². The van der Waals surface area contributed by atoms with Crippen molar-refractivity contribution >= 4 is 5.69 Å². The summed E-state index contributed by atoms with van der Waals surface area (Å²) in [6.07, 6.45) is 0.266. The van der Waals surface area contributed by atoms with Crippen LogP contribution < -0.4 is 0 Å². The quantitative estimate of drug-likeness (QED) is 0.431. The van der Waals surface area contributed by atoms with Gasteiger partial charge in [-0.3, -0.25) is 10.1 Å². The normalized spacial score (nSPS) is 9.13. The summed E-state index contributed by atoms with van der Waals surface area (Å²) in [5.74, 6) is 4.68. The first-order valence-corrected chi connectivity index (χ1v) is 4.23. The van der Waals surface area contributed by atoms with Gasteiger partial charge in [-0.15, -0.1) is 0 Å². The third-order valence-corrected chi connectivity index (χ3v) is 1.67. The van der Waals surface area contributed by atoms with Gasteiger partial charge in [0.25, 0.3) is 0 Å². The Kier molecular flexibility index (Phi) is 3.66. The van der Waals surface area contributed by atoms with Gasteiger partial charge in [0, 0.05) is 12.5 Å². The molecule has 5 heteroatoms. The van der Waals surface area contributed by atoms with E-state index in [0.29, 0.717) is 0 Å². The predicted octanol–water partition coefficient (Wildman–Crippen LogP) is 1.03. The highest BCUT2D eigenvalue weighted by Gasteiger charge is 2.14. The first-order chi connectivity index (χ1) is 7.16. The highest BCUT2D eigenvalue weighted by atomic mass is 16.6. The molecule has 0 fully saturated rings. The Hall–Kier alpha value is -2.06. The molecule has 0 aromatic heterocycles. The van der Waals surface area contributed by atoms with Gasteiger partial charge in [0.05, 0.1) is 17.1 Å². The van der Waals surface area contributed by atoms with E-state index < -0.39 is 10.7 Å². The van der Waals surface area contributed by atoms with Gasteiger partial charge < -0.3 is 10.2 Å². The third kappa shape index (κ3) is 2.69. The molecular formula is C10H9NO4. The number of benzene rings is 1. The highest BCUT2D eigenvalue weighted by molar-refractivity contribution is 5.56. The second-order valence-corrected chi connectivity index (χ2v) is 2.71. The minimum Gasteiger partial charge on any atom is -0.501 e. The molecule has 1 aromatic rings. The summed E-state index contributed by atoms with van der Waals surface area (Å²) in [6, 6.07) is 4.13. The summed E-state index contributed by atoms with van der Waals surface area (Å²) < 4.78 is 0. The van der Waals surface area contributed by atoms with Gasteiger partial charge >= 0.3 is 5.69 Å². The monoisotopic (exact) mass is 207 g/mol. The number of aliphatic hydroxyl groups is 1. The Balaban J connectivity index is 3.06. The van der Waals surface area contributed by atoms with Crippen molar-refractivity contribution < 1.29 is 15.1 Å². The number of hydrogen-bond acceptors (Lipinski definition) is 4. The van der Waals surface area contributed by atoms with Crippen LogP contribution in [0, 0.1) is 22.0 Å². The van der Waals surface area contributed by atoms with Crippen LogP contribution in [-0.4, -0.2) is 21.7 Å². The topological polar surface area (TPSA) is 83.6 Å². The van der Waals surface area contributed by atoms with Crippen LogP contribution in [0.15, 0.2) is 18.2 Å². The number of aliphatic hydroxyl groups excluding tert-OH is 1. The van der Waals surface area contributed by atoms with E-state index in [4.69, 9.17) is 5.11 Å². The van der Waals surface area contributed by atoms with Crippen molar-refractivity contribution in [2.24, 2.45) is 0 Å². The summed E-state index contributed by atoms with van der Waals surface area (Å²) in [5.41, 5.74) is -0.177. The van der Waals surface area contributed by atoms with Gasteiger partial charge in [0.1, 0.15) is 0 Å². The standard InChI is InChI=1S/C10H9NO4/c12-7-2-1-4-8-5-3-6-9(10(8)13)11(14)15/h3,5-6,12-13H,2,7H2. The van der Waals surface area contributed by atoms with Crippen molar-refractivity contribution in [3.05, 3.63) is 33.9 Å². The fraction of sp³-hybridized carbons (Fsp3) is 0.200. The van der Waals surface area contributed by atoms with Gasteiger partial charge in [-0.05, 0) is 6.07 Å². The van der Waals surface area contributed by atoms with Crippen LogP contribution in [0.5, 0.6) is 5.75 Å². The molecule has 0 aliphatic rings. The summed E-state index contributed by atoms with van der Waals surface area (Å²) in [4.78, 5) is 9.79. The molecule has 5 nitrogen and oxygen atoms in total. The number of rotatable bonds is 2. The SMILES string of the molecule is O=[N+]([O-])c1cccc(C#CCCO)c1O. The van der Waals surface area contributed by atoms with Crippen LogP contribution in [0.25, 0.3) is 0 Å². The predicted molar refractivity (Wildman–Crippen MR) is 53.3 cm³/mol. The van der Waals surface area contributed by atoms with Crippen LogP contribution in [-0.2, 0) is 0 Å². The minimum atomic E-state index is -0.674. The molecular weight excluding hydrogens is 198 g/mol. The molecule has 0 amide bonds. The van der Waals surface area contributed by atoms with Crippen molar-refractivity contribution in [2.45, 2.75) is 6.42 Å². The molecule has 0 heterocycles. The maximum atomic E-state index is 10.5. The Morgan fingerprint density at radius 1 is 1.47 bits per heavy atom. The van der Waals surface area contributed by atoms with Gasteiger partial charge in [0.2, 0.25) is 5.75 Å². The molecule has 1 rings (SSSR count). The van der Waals surface area contributed by atoms with Gasteiger partial charge in [0.15, 0.2) is 0 Å². The maximum Gasteiger partial charge on any atom is 0.312 e. The number of nitro groups is 1. The van der Waals surface area contributed by atoms with E-state index in [0.717, 1.165) is 0 Å². The Morgan fingerprint density at radius 3 is 2.80 bits per heavy atom. The molecule has 0 spiro atoms. The molecule has 0 aliphatic heterocycles. The summed E-state index contributed by atoms with van der Waals surface area (Å²) in [7, 11) is 0. The van der Waals surface area contributed by atoms with Crippen molar-refractivity contribution in [3.63, 3.8) is 0 Å². The molecule has 0 atom stereocenters. The highest BCUT2D eigenvalue weighted by Crippen LogP contribution is 2.28. The lowest BCUT2D eigenvalue weighted by molar-refractivity contribution is -0.385. The third-order valence-electron chi connectivity index (χ3n) is 1.67.